The largest absolute Gasteiger partial charge is 0.316 e. The molecule has 0 atom stereocenters. The van der Waals surface area contributed by atoms with Crippen molar-refractivity contribution in [1.82, 2.24) is 5.32 Å². The van der Waals surface area contributed by atoms with Crippen LogP contribution in [0.1, 0.15) is 18.4 Å². The summed E-state index contributed by atoms with van der Waals surface area (Å²) in [5.74, 6) is -0.750. The highest BCUT2D eigenvalue weighted by atomic mass is 35.5. The summed E-state index contributed by atoms with van der Waals surface area (Å²) >= 11 is 0. The van der Waals surface area contributed by atoms with E-state index in [0.717, 1.165) is 32.0 Å². The molecule has 1 fully saturated rings. The third-order valence-corrected chi connectivity index (χ3v) is 2.56. The first-order valence-electron chi connectivity index (χ1n) is 5.11. The Morgan fingerprint density at radius 3 is 2.50 bits per heavy atom. The van der Waals surface area contributed by atoms with Crippen LogP contribution in [0, 0.1) is 11.6 Å². The Morgan fingerprint density at radius 2 is 1.81 bits per heavy atom. The molecule has 1 aromatic carbocycles. The standard InChI is InChI=1S/C12H13F2N.ClH/c13-11-1-2-12(14)10(8-11)7-9-3-5-15-6-4-9;/h1-2,7-8,15H,3-6H2;1H. The van der Waals surface area contributed by atoms with Crippen molar-refractivity contribution in [2.24, 2.45) is 0 Å². The average Bonchev–Trinajstić information content (AvgIpc) is 2.25. The summed E-state index contributed by atoms with van der Waals surface area (Å²) in [5.41, 5.74) is 1.53. The fraction of sp³-hybridized carbons (Fsp3) is 0.333. The maximum absolute atomic E-state index is 13.3. The molecule has 0 spiro atoms. The molecule has 1 nitrogen and oxygen atoms in total. The molecule has 0 radical (unpaired) electrons. The second kappa shape index (κ2) is 5.97. The average molecular weight is 246 g/mol. The molecule has 16 heavy (non-hydrogen) atoms. The summed E-state index contributed by atoms with van der Waals surface area (Å²) < 4.78 is 26.2. The van der Waals surface area contributed by atoms with Gasteiger partial charge < -0.3 is 5.32 Å². The normalized spacial score (nSPS) is 15.5. The number of piperidine rings is 1. The van der Waals surface area contributed by atoms with Gasteiger partial charge in [-0.15, -0.1) is 12.4 Å². The van der Waals surface area contributed by atoms with Gasteiger partial charge in [-0.3, -0.25) is 0 Å². The third kappa shape index (κ3) is 3.29. The summed E-state index contributed by atoms with van der Waals surface area (Å²) in [6.45, 7) is 1.84. The highest BCUT2D eigenvalue weighted by molar-refractivity contribution is 5.85. The van der Waals surface area contributed by atoms with Gasteiger partial charge in [-0.2, -0.15) is 0 Å². The number of rotatable bonds is 1. The van der Waals surface area contributed by atoms with Gasteiger partial charge in [-0.25, -0.2) is 8.78 Å². The van der Waals surface area contributed by atoms with Gasteiger partial charge >= 0.3 is 0 Å². The van der Waals surface area contributed by atoms with E-state index in [4.69, 9.17) is 0 Å². The van der Waals surface area contributed by atoms with Crippen LogP contribution in [0.3, 0.4) is 0 Å². The molecule has 1 aromatic rings. The second-order valence-electron chi connectivity index (χ2n) is 3.72. The Hall–Kier alpha value is -0.930. The van der Waals surface area contributed by atoms with Crippen molar-refractivity contribution in [3.63, 3.8) is 0 Å². The minimum absolute atomic E-state index is 0. The summed E-state index contributed by atoms with van der Waals surface area (Å²) in [7, 11) is 0. The lowest BCUT2D eigenvalue weighted by Gasteiger charge is -2.15. The molecule has 0 aromatic heterocycles. The van der Waals surface area contributed by atoms with Crippen molar-refractivity contribution in [1.29, 1.82) is 0 Å². The highest BCUT2D eigenvalue weighted by Crippen LogP contribution is 2.18. The Kier molecular flexibility index (Phi) is 4.90. The third-order valence-electron chi connectivity index (χ3n) is 2.56. The molecule has 1 N–H and O–H groups in total. The minimum Gasteiger partial charge on any atom is -0.316 e. The second-order valence-corrected chi connectivity index (χ2v) is 3.72. The number of hydrogen-bond acceptors (Lipinski definition) is 1. The summed E-state index contributed by atoms with van der Waals surface area (Å²) in [6, 6.07) is 3.55. The summed E-state index contributed by atoms with van der Waals surface area (Å²) in [5, 5.41) is 3.22. The van der Waals surface area contributed by atoms with Gasteiger partial charge in [0.1, 0.15) is 11.6 Å². The molecule has 0 unspecified atom stereocenters. The first-order valence-corrected chi connectivity index (χ1v) is 5.11. The van der Waals surface area contributed by atoms with E-state index in [1.54, 1.807) is 6.08 Å². The van der Waals surface area contributed by atoms with E-state index in [9.17, 15) is 8.78 Å². The van der Waals surface area contributed by atoms with Crippen molar-refractivity contribution in [3.05, 3.63) is 41.0 Å². The van der Waals surface area contributed by atoms with Crippen molar-refractivity contribution in [2.75, 3.05) is 13.1 Å². The number of benzene rings is 1. The molecule has 1 heterocycles. The van der Waals surface area contributed by atoms with Crippen LogP contribution in [0.15, 0.2) is 23.8 Å². The molecule has 4 heteroatoms. The lowest BCUT2D eigenvalue weighted by atomic mass is 10.0. The SMILES string of the molecule is Cl.Fc1ccc(F)c(C=C2CCNCC2)c1. The first kappa shape index (κ1) is 13.1. The van der Waals surface area contributed by atoms with Crippen LogP contribution in [0.4, 0.5) is 8.78 Å². The lowest BCUT2D eigenvalue weighted by Crippen LogP contribution is -2.22. The molecule has 2 rings (SSSR count). The summed E-state index contributed by atoms with van der Waals surface area (Å²) in [6.07, 6.45) is 3.59. The van der Waals surface area contributed by atoms with Crippen molar-refractivity contribution in [3.8, 4) is 0 Å². The molecular formula is C12H14ClF2N. The van der Waals surface area contributed by atoms with E-state index in [0.29, 0.717) is 5.56 Å². The van der Waals surface area contributed by atoms with Crippen LogP contribution in [-0.2, 0) is 0 Å². The van der Waals surface area contributed by atoms with Crippen molar-refractivity contribution < 1.29 is 8.78 Å². The predicted octanol–water partition coefficient (Wildman–Crippen LogP) is 3.15. The first-order chi connectivity index (χ1) is 7.25. The maximum Gasteiger partial charge on any atom is 0.130 e. The van der Waals surface area contributed by atoms with Crippen molar-refractivity contribution in [2.45, 2.75) is 12.8 Å². The molecule has 1 saturated heterocycles. The van der Waals surface area contributed by atoms with Gasteiger partial charge in [0.05, 0.1) is 0 Å². The highest BCUT2D eigenvalue weighted by Gasteiger charge is 2.06. The number of nitrogens with one attached hydrogen (secondary N) is 1. The van der Waals surface area contributed by atoms with Crippen LogP contribution in [-0.4, -0.2) is 13.1 Å². The number of hydrogen-bond donors (Lipinski definition) is 1. The zero-order chi connectivity index (χ0) is 10.7. The zero-order valence-corrected chi connectivity index (χ0v) is 9.62. The van der Waals surface area contributed by atoms with E-state index in [1.807, 2.05) is 0 Å². The van der Waals surface area contributed by atoms with Crippen LogP contribution in [0.25, 0.3) is 6.08 Å². The molecule has 0 saturated carbocycles. The smallest absolute Gasteiger partial charge is 0.130 e. The summed E-state index contributed by atoms with van der Waals surface area (Å²) in [4.78, 5) is 0. The topological polar surface area (TPSA) is 12.0 Å². The molecule has 0 aliphatic carbocycles. The molecule has 1 aliphatic rings. The van der Waals surface area contributed by atoms with Gasteiger partial charge in [-0.1, -0.05) is 11.6 Å². The fourth-order valence-electron chi connectivity index (χ4n) is 1.74. The van der Waals surface area contributed by atoms with Crippen LogP contribution < -0.4 is 5.32 Å². The van der Waals surface area contributed by atoms with Gasteiger partial charge in [0, 0.05) is 5.56 Å². The fourth-order valence-corrected chi connectivity index (χ4v) is 1.74. The van der Waals surface area contributed by atoms with Crippen LogP contribution in [0.5, 0.6) is 0 Å². The number of halogens is 3. The van der Waals surface area contributed by atoms with E-state index in [2.05, 4.69) is 5.32 Å². The Bertz CT molecular complexity index is 383. The minimum atomic E-state index is -0.391. The molecule has 0 amide bonds. The Labute approximate surface area is 100.0 Å². The van der Waals surface area contributed by atoms with E-state index < -0.39 is 5.82 Å². The van der Waals surface area contributed by atoms with Gasteiger partial charge in [-0.05, 0) is 44.1 Å². The van der Waals surface area contributed by atoms with Gasteiger partial charge in [0.15, 0.2) is 0 Å². The predicted molar refractivity (Wildman–Crippen MR) is 63.7 cm³/mol. The maximum atomic E-state index is 13.3. The Balaban J connectivity index is 0.00000128. The van der Waals surface area contributed by atoms with Gasteiger partial charge in [0.25, 0.3) is 0 Å². The van der Waals surface area contributed by atoms with Crippen LogP contribution in [0.2, 0.25) is 0 Å². The van der Waals surface area contributed by atoms with Crippen LogP contribution >= 0.6 is 12.4 Å². The molecule has 0 bridgehead atoms. The monoisotopic (exact) mass is 245 g/mol. The molecule has 1 aliphatic heterocycles. The van der Waals surface area contributed by atoms with Gasteiger partial charge in [0.2, 0.25) is 0 Å². The van der Waals surface area contributed by atoms with E-state index in [-0.39, 0.29) is 18.2 Å². The zero-order valence-electron chi connectivity index (χ0n) is 8.80. The molecular weight excluding hydrogens is 232 g/mol. The van der Waals surface area contributed by atoms with Crippen molar-refractivity contribution >= 4 is 18.5 Å². The Morgan fingerprint density at radius 1 is 1.12 bits per heavy atom. The lowest BCUT2D eigenvalue weighted by molar-refractivity contribution is 0.595. The quantitative estimate of drug-likeness (QED) is 0.802. The molecule has 88 valence electrons. The van der Waals surface area contributed by atoms with E-state index >= 15 is 0 Å². The van der Waals surface area contributed by atoms with E-state index in [1.165, 1.54) is 17.7 Å².